The summed E-state index contributed by atoms with van der Waals surface area (Å²) in [5.74, 6) is 0.656. The number of carbonyl (C=O) groups excluding carboxylic acids is 2. The predicted octanol–water partition coefficient (Wildman–Crippen LogP) is 4.50. The van der Waals surface area contributed by atoms with E-state index in [9.17, 15) is 9.59 Å². The number of anilines is 1. The monoisotopic (exact) mass is 415 g/mol. The third-order valence-corrected chi connectivity index (χ3v) is 5.19. The van der Waals surface area contributed by atoms with Gasteiger partial charge in [-0.2, -0.15) is 0 Å². The molecule has 0 aliphatic carbocycles. The molecule has 1 aromatic carbocycles. The van der Waals surface area contributed by atoms with Crippen LogP contribution in [0.1, 0.15) is 48.0 Å². The number of carbonyl (C=O) groups is 2. The first-order chi connectivity index (χ1) is 13.9. The molecule has 29 heavy (non-hydrogen) atoms. The van der Waals surface area contributed by atoms with E-state index in [1.54, 1.807) is 36.4 Å². The van der Waals surface area contributed by atoms with Crippen molar-refractivity contribution in [2.24, 2.45) is 11.8 Å². The Balaban J connectivity index is 1.83. The summed E-state index contributed by atoms with van der Waals surface area (Å²) < 4.78 is 5.35. The van der Waals surface area contributed by atoms with Gasteiger partial charge >= 0.3 is 0 Å². The normalized spacial score (nSPS) is 19.0. The van der Waals surface area contributed by atoms with Crippen LogP contribution in [0.5, 0.6) is 5.88 Å². The van der Waals surface area contributed by atoms with Crippen molar-refractivity contribution in [3.63, 3.8) is 0 Å². The SMILES string of the molecule is CCOc1ccc(Cl)c(C(=O)Nc2ccccc2C(=O)N2CC(C)CC(C)C2)n1. The van der Waals surface area contributed by atoms with Crippen molar-refractivity contribution >= 4 is 29.1 Å². The molecule has 154 valence electrons. The number of amides is 2. The number of likely N-dealkylation sites (tertiary alicyclic amines) is 1. The molecule has 3 rings (SSSR count). The average Bonchev–Trinajstić information content (AvgIpc) is 2.68. The van der Waals surface area contributed by atoms with Gasteiger partial charge in [-0.05, 0) is 43.4 Å². The summed E-state index contributed by atoms with van der Waals surface area (Å²) >= 11 is 6.16. The van der Waals surface area contributed by atoms with Crippen molar-refractivity contribution in [1.29, 1.82) is 0 Å². The van der Waals surface area contributed by atoms with E-state index in [0.29, 0.717) is 35.6 Å². The second-order valence-corrected chi connectivity index (χ2v) is 7.98. The lowest BCUT2D eigenvalue weighted by atomic mass is 9.91. The first-order valence-corrected chi connectivity index (χ1v) is 10.3. The number of halogens is 1. The largest absolute Gasteiger partial charge is 0.478 e. The highest BCUT2D eigenvalue weighted by molar-refractivity contribution is 6.34. The molecular formula is C22H26ClN3O3. The Hall–Kier alpha value is -2.60. The van der Waals surface area contributed by atoms with Gasteiger partial charge in [0, 0.05) is 19.2 Å². The van der Waals surface area contributed by atoms with Crippen LogP contribution in [-0.4, -0.2) is 41.4 Å². The number of pyridine rings is 1. The zero-order valence-corrected chi connectivity index (χ0v) is 17.7. The van der Waals surface area contributed by atoms with Gasteiger partial charge in [-0.1, -0.05) is 37.6 Å². The van der Waals surface area contributed by atoms with Crippen LogP contribution < -0.4 is 10.1 Å². The maximum absolute atomic E-state index is 13.1. The number of nitrogens with zero attached hydrogens (tertiary/aromatic N) is 2. The molecule has 1 aromatic heterocycles. The minimum atomic E-state index is -0.489. The summed E-state index contributed by atoms with van der Waals surface area (Å²) in [6.07, 6.45) is 1.11. The lowest BCUT2D eigenvalue weighted by molar-refractivity contribution is 0.0624. The minimum absolute atomic E-state index is 0.0556. The quantitative estimate of drug-likeness (QED) is 0.780. The number of rotatable bonds is 5. The van der Waals surface area contributed by atoms with Gasteiger partial charge in [0.1, 0.15) is 0 Å². The highest BCUT2D eigenvalue weighted by Crippen LogP contribution is 2.26. The van der Waals surface area contributed by atoms with E-state index in [-0.39, 0.29) is 16.6 Å². The second-order valence-electron chi connectivity index (χ2n) is 7.57. The molecule has 1 fully saturated rings. The van der Waals surface area contributed by atoms with E-state index >= 15 is 0 Å². The Labute approximate surface area is 176 Å². The number of nitrogens with one attached hydrogen (secondary N) is 1. The topological polar surface area (TPSA) is 71.5 Å². The molecule has 2 heterocycles. The van der Waals surface area contributed by atoms with E-state index in [1.807, 2.05) is 11.8 Å². The Morgan fingerprint density at radius 2 is 1.86 bits per heavy atom. The molecule has 1 aliphatic rings. The fourth-order valence-corrected chi connectivity index (χ4v) is 3.96. The van der Waals surface area contributed by atoms with Crippen molar-refractivity contribution in [2.45, 2.75) is 27.2 Å². The standard InChI is InChI=1S/C22H26ClN3O3/c1-4-29-19-10-9-17(23)20(25-19)21(27)24-18-8-6-5-7-16(18)22(28)26-12-14(2)11-15(3)13-26/h5-10,14-15H,4,11-13H2,1-3H3,(H,24,27). The van der Waals surface area contributed by atoms with Crippen LogP contribution in [0.15, 0.2) is 36.4 Å². The Morgan fingerprint density at radius 1 is 1.17 bits per heavy atom. The third-order valence-electron chi connectivity index (χ3n) is 4.89. The van der Waals surface area contributed by atoms with E-state index in [0.717, 1.165) is 19.5 Å². The second kappa shape index (κ2) is 9.27. The van der Waals surface area contributed by atoms with E-state index in [4.69, 9.17) is 16.3 Å². The number of aromatic nitrogens is 1. The minimum Gasteiger partial charge on any atom is -0.478 e. The molecule has 2 aromatic rings. The van der Waals surface area contributed by atoms with Crippen molar-refractivity contribution in [1.82, 2.24) is 9.88 Å². The molecule has 2 unspecified atom stereocenters. The van der Waals surface area contributed by atoms with Gasteiger partial charge in [-0.3, -0.25) is 9.59 Å². The first-order valence-electron chi connectivity index (χ1n) is 9.88. The summed E-state index contributed by atoms with van der Waals surface area (Å²) in [6, 6.07) is 10.2. The highest BCUT2D eigenvalue weighted by Gasteiger charge is 2.27. The zero-order valence-electron chi connectivity index (χ0n) is 16.9. The number of hydrogen-bond donors (Lipinski definition) is 1. The number of piperidine rings is 1. The molecule has 6 nitrogen and oxygen atoms in total. The van der Waals surface area contributed by atoms with Crippen LogP contribution in [0.25, 0.3) is 0 Å². The third kappa shape index (κ3) is 5.07. The van der Waals surface area contributed by atoms with Crippen molar-refractivity contribution < 1.29 is 14.3 Å². The summed E-state index contributed by atoms with van der Waals surface area (Å²) in [5, 5.41) is 3.01. The van der Waals surface area contributed by atoms with Gasteiger partial charge in [-0.15, -0.1) is 0 Å². The zero-order chi connectivity index (χ0) is 21.0. The van der Waals surface area contributed by atoms with Crippen LogP contribution in [0.2, 0.25) is 5.02 Å². The molecule has 1 saturated heterocycles. The van der Waals surface area contributed by atoms with Crippen LogP contribution in [0, 0.1) is 11.8 Å². The van der Waals surface area contributed by atoms with Crippen molar-refractivity contribution in [3.05, 3.63) is 52.7 Å². The predicted molar refractivity (Wildman–Crippen MR) is 114 cm³/mol. The smallest absolute Gasteiger partial charge is 0.275 e. The fraction of sp³-hybridized carbons (Fsp3) is 0.409. The summed E-state index contributed by atoms with van der Waals surface area (Å²) in [7, 11) is 0. The molecule has 7 heteroatoms. The van der Waals surface area contributed by atoms with Crippen molar-refractivity contribution in [2.75, 3.05) is 25.0 Å². The van der Waals surface area contributed by atoms with Crippen LogP contribution in [0.4, 0.5) is 5.69 Å². The van der Waals surface area contributed by atoms with Gasteiger partial charge in [-0.25, -0.2) is 4.98 Å². The Morgan fingerprint density at radius 3 is 2.55 bits per heavy atom. The summed E-state index contributed by atoms with van der Waals surface area (Å²) in [5.41, 5.74) is 0.951. The molecule has 2 atom stereocenters. The summed E-state index contributed by atoms with van der Waals surface area (Å²) in [4.78, 5) is 32.0. The lowest BCUT2D eigenvalue weighted by Crippen LogP contribution is -2.42. The molecule has 1 N–H and O–H groups in total. The average molecular weight is 416 g/mol. The number of hydrogen-bond acceptors (Lipinski definition) is 4. The first kappa shape index (κ1) is 21.1. The molecule has 0 radical (unpaired) electrons. The Kier molecular flexibility index (Phi) is 6.75. The van der Waals surface area contributed by atoms with Crippen LogP contribution in [0.3, 0.4) is 0 Å². The van der Waals surface area contributed by atoms with E-state index in [1.165, 1.54) is 0 Å². The van der Waals surface area contributed by atoms with Gasteiger partial charge in [0.15, 0.2) is 5.69 Å². The number of ether oxygens (including phenoxy) is 1. The van der Waals surface area contributed by atoms with Gasteiger partial charge in [0.25, 0.3) is 11.8 Å². The number of benzene rings is 1. The fourth-order valence-electron chi connectivity index (χ4n) is 3.77. The van der Waals surface area contributed by atoms with Gasteiger partial charge < -0.3 is 15.0 Å². The van der Waals surface area contributed by atoms with Gasteiger partial charge in [0.05, 0.1) is 22.9 Å². The highest BCUT2D eigenvalue weighted by atomic mass is 35.5. The summed E-state index contributed by atoms with van der Waals surface area (Å²) in [6.45, 7) is 8.01. The van der Waals surface area contributed by atoms with E-state index in [2.05, 4.69) is 24.1 Å². The molecule has 0 spiro atoms. The molecule has 1 aliphatic heterocycles. The maximum atomic E-state index is 13.1. The molecule has 0 saturated carbocycles. The van der Waals surface area contributed by atoms with E-state index < -0.39 is 5.91 Å². The van der Waals surface area contributed by atoms with Crippen LogP contribution >= 0.6 is 11.6 Å². The molecular weight excluding hydrogens is 390 g/mol. The Bertz CT molecular complexity index is 893. The van der Waals surface area contributed by atoms with Crippen LogP contribution in [-0.2, 0) is 0 Å². The molecule has 2 amide bonds. The number of para-hydroxylation sites is 1. The molecule has 0 bridgehead atoms. The lowest BCUT2D eigenvalue weighted by Gasteiger charge is -2.35. The maximum Gasteiger partial charge on any atom is 0.275 e. The van der Waals surface area contributed by atoms with Gasteiger partial charge in [0.2, 0.25) is 5.88 Å². The van der Waals surface area contributed by atoms with Crippen molar-refractivity contribution in [3.8, 4) is 5.88 Å².